The van der Waals surface area contributed by atoms with Gasteiger partial charge in [0, 0.05) is 25.6 Å². The van der Waals surface area contributed by atoms with Gasteiger partial charge < -0.3 is 19.7 Å². The quantitative estimate of drug-likeness (QED) is 0.586. The molecular formula is C24H26N4O4. The smallest absolute Gasteiger partial charge is 0.274 e. The van der Waals surface area contributed by atoms with Gasteiger partial charge in [-0.3, -0.25) is 9.59 Å². The molecule has 2 aromatic carbocycles. The second-order valence-electron chi connectivity index (χ2n) is 7.78. The molecule has 8 heteroatoms. The van der Waals surface area contributed by atoms with E-state index in [2.05, 4.69) is 10.4 Å². The maximum Gasteiger partial charge on any atom is 0.274 e. The molecule has 0 aliphatic heterocycles. The summed E-state index contributed by atoms with van der Waals surface area (Å²) in [6, 6.07) is 16.6. The summed E-state index contributed by atoms with van der Waals surface area (Å²) in [6.45, 7) is 0.362. The SMILES string of the molecule is COc1ccc(CN(C)C(=O)c2cc(NC(=O)C3CC3)n(-c3ccccc3)n2)cc1OC. The lowest BCUT2D eigenvalue weighted by molar-refractivity contribution is -0.117. The Morgan fingerprint density at radius 3 is 2.44 bits per heavy atom. The van der Waals surface area contributed by atoms with Crippen LogP contribution >= 0.6 is 0 Å². The van der Waals surface area contributed by atoms with Crippen LogP contribution in [0.2, 0.25) is 0 Å². The lowest BCUT2D eigenvalue weighted by atomic mass is 10.2. The molecule has 1 heterocycles. The number of carbonyl (C=O) groups is 2. The number of nitrogens with one attached hydrogen (secondary N) is 1. The van der Waals surface area contributed by atoms with Gasteiger partial charge in [-0.1, -0.05) is 24.3 Å². The zero-order chi connectivity index (χ0) is 22.7. The summed E-state index contributed by atoms with van der Waals surface area (Å²) in [7, 11) is 4.86. The minimum absolute atomic E-state index is 0.0419. The maximum absolute atomic E-state index is 13.1. The molecule has 1 fully saturated rings. The molecule has 0 spiro atoms. The highest BCUT2D eigenvalue weighted by atomic mass is 16.5. The van der Waals surface area contributed by atoms with Crippen LogP contribution in [-0.4, -0.2) is 47.8 Å². The van der Waals surface area contributed by atoms with Crippen LogP contribution in [0.4, 0.5) is 5.82 Å². The Morgan fingerprint density at radius 2 is 1.78 bits per heavy atom. The topological polar surface area (TPSA) is 85.7 Å². The number of nitrogens with zero attached hydrogens (tertiary/aromatic N) is 3. The number of benzene rings is 2. The minimum atomic E-state index is -0.253. The molecule has 8 nitrogen and oxygen atoms in total. The molecular weight excluding hydrogens is 408 g/mol. The first-order valence-electron chi connectivity index (χ1n) is 10.4. The zero-order valence-electron chi connectivity index (χ0n) is 18.4. The van der Waals surface area contributed by atoms with Gasteiger partial charge in [0.2, 0.25) is 5.91 Å². The van der Waals surface area contributed by atoms with Crippen LogP contribution in [0.25, 0.3) is 5.69 Å². The first kappa shape index (κ1) is 21.4. The van der Waals surface area contributed by atoms with Crippen LogP contribution < -0.4 is 14.8 Å². The summed E-state index contributed by atoms with van der Waals surface area (Å²) in [5, 5.41) is 7.43. The number of para-hydroxylation sites is 1. The highest BCUT2D eigenvalue weighted by molar-refractivity contribution is 5.97. The van der Waals surface area contributed by atoms with Crippen molar-refractivity contribution in [2.75, 3.05) is 26.6 Å². The number of rotatable bonds is 8. The van der Waals surface area contributed by atoms with E-state index in [1.54, 1.807) is 36.9 Å². The van der Waals surface area contributed by atoms with E-state index >= 15 is 0 Å². The molecule has 2 amide bonds. The number of ether oxygens (including phenoxy) is 2. The maximum atomic E-state index is 13.1. The van der Waals surface area contributed by atoms with Gasteiger partial charge in [0.15, 0.2) is 17.2 Å². The average molecular weight is 434 g/mol. The highest BCUT2D eigenvalue weighted by Crippen LogP contribution is 2.31. The molecule has 1 aliphatic carbocycles. The van der Waals surface area contributed by atoms with E-state index in [-0.39, 0.29) is 23.4 Å². The minimum Gasteiger partial charge on any atom is -0.493 e. The van der Waals surface area contributed by atoms with Crippen LogP contribution in [0.1, 0.15) is 28.9 Å². The second-order valence-corrected chi connectivity index (χ2v) is 7.78. The summed E-state index contributed by atoms with van der Waals surface area (Å²) in [5.41, 5.74) is 1.91. The fraction of sp³-hybridized carbons (Fsp3) is 0.292. The van der Waals surface area contributed by atoms with Crippen LogP contribution in [0, 0.1) is 5.92 Å². The van der Waals surface area contributed by atoms with Crippen molar-refractivity contribution in [3.8, 4) is 17.2 Å². The van der Waals surface area contributed by atoms with E-state index in [0.717, 1.165) is 24.1 Å². The van der Waals surface area contributed by atoms with Crippen LogP contribution in [0.5, 0.6) is 11.5 Å². The van der Waals surface area contributed by atoms with E-state index in [1.165, 1.54) is 0 Å². The van der Waals surface area contributed by atoms with Gasteiger partial charge >= 0.3 is 0 Å². The van der Waals surface area contributed by atoms with Crippen molar-refractivity contribution in [3.63, 3.8) is 0 Å². The molecule has 1 aromatic heterocycles. The second kappa shape index (κ2) is 9.13. The van der Waals surface area contributed by atoms with Gasteiger partial charge in [0.1, 0.15) is 5.82 Å². The van der Waals surface area contributed by atoms with Crippen LogP contribution in [-0.2, 0) is 11.3 Å². The van der Waals surface area contributed by atoms with Crippen molar-refractivity contribution < 1.29 is 19.1 Å². The van der Waals surface area contributed by atoms with Gasteiger partial charge in [-0.2, -0.15) is 5.10 Å². The third-order valence-corrected chi connectivity index (χ3v) is 5.34. The van der Waals surface area contributed by atoms with Crippen LogP contribution in [0.15, 0.2) is 54.6 Å². The number of anilines is 1. The van der Waals surface area contributed by atoms with Gasteiger partial charge in [-0.05, 0) is 42.7 Å². The molecule has 1 N–H and O–H groups in total. The summed E-state index contributed by atoms with van der Waals surface area (Å²) < 4.78 is 12.2. The third kappa shape index (κ3) is 4.59. The Balaban J connectivity index is 1.57. The van der Waals surface area contributed by atoms with E-state index in [4.69, 9.17) is 9.47 Å². The number of carbonyl (C=O) groups excluding carboxylic acids is 2. The molecule has 32 heavy (non-hydrogen) atoms. The Hall–Kier alpha value is -3.81. The van der Waals surface area contributed by atoms with Crippen LogP contribution in [0.3, 0.4) is 0 Å². The normalized spacial score (nSPS) is 12.8. The Labute approximate surface area is 186 Å². The number of methoxy groups -OCH3 is 2. The lowest BCUT2D eigenvalue weighted by Crippen LogP contribution is -2.26. The van der Waals surface area contributed by atoms with Crippen molar-refractivity contribution in [1.82, 2.24) is 14.7 Å². The van der Waals surface area contributed by atoms with Crippen molar-refractivity contribution in [3.05, 3.63) is 65.9 Å². The summed E-state index contributed by atoms with van der Waals surface area (Å²) in [6.07, 6.45) is 1.79. The average Bonchev–Trinajstić information content (AvgIpc) is 3.59. The Kier molecular flexibility index (Phi) is 6.11. The predicted molar refractivity (Wildman–Crippen MR) is 120 cm³/mol. The fourth-order valence-corrected chi connectivity index (χ4v) is 3.43. The summed E-state index contributed by atoms with van der Waals surface area (Å²) in [4.78, 5) is 27.1. The first-order chi connectivity index (χ1) is 15.5. The first-order valence-corrected chi connectivity index (χ1v) is 10.4. The number of hydrogen-bond acceptors (Lipinski definition) is 5. The van der Waals surface area contributed by atoms with E-state index in [1.807, 2.05) is 48.5 Å². The molecule has 0 unspecified atom stereocenters. The van der Waals surface area contributed by atoms with E-state index < -0.39 is 0 Å². The zero-order valence-corrected chi connectivity index (χ0v) is 18.4. The van der Waals surface area contributed by atoms with Gasteiger partial charge in [-0.25, -0.2) is 4.68 Å². The molecule has 3 aromatic rings. The molecule has 0 saturated heterocycles. The largest absolute Gasteiger partial charge is 0.493 e. The highest BCUT2D eigenvalue weighted by Gasteiger charge is 2.31. The standard InChI is InChI=1S/C24H26N4O4/c1-27(15-16-9-12-20(31-2)21(13-16)32-3)24(30)19-14-22(25-23(29)17-10-11-17)28(26-19)18-7-5-4-6-8-18/h4-9,12-14,17H,10-11,15H2,1-3H3,(H,25,29). The van der Waals surface area contributed by atoms with Gasteiger partial charge in [0.25, 0.3) is 5.91 Å². The Morgan fingerprint density at radius 1 is 1.06 bits per heavy atom. The van der Waals surface area contributed by atoms with Gasteiger partial charge in [-0.15, -0.1) is 0 Å². The Bertz CT molecular complexity index is 1120. The summed E-state index contributed by atoms with van der Waals surface area (Å²) >= 11 is 0. The van der Waals surface area contributed by atoms with Crippen molar-refractivity contribution in [2.45, 2.75) is 19.4 Å². The third-order valence-electron chi connectivity index (χ3n) is 5.34. The molecule has 166 valence electrons. The van der Waals surface area contributed by atoms with Crippen molar-refractivity contribution in [2.24, 2.45) is 5.92 Å². The molecule has 1 saturated carbocycles. The molecule has 0 bridgehead atoms. The van der Waals surface area contributed by atoms with Crippen molar-refractivity contribution >= 4 is 17.6 Å². The number of amides is 2. The van der Waals surface area contributed by atoms with E-state index in [0.29, 0.717) is 23.9 Å². The van der Waals surface area contributed by atoms with Gasteiger partial charge in [0.05, 0.1) is 19.9 Å². The number of aromatic nitrogens is 2. The lowest BCUT2D eigenvalue weighted by Gasteiger charge is -2.17. The summed E-state index contributed by atoms with van der Waals surface area (Å²) in [5.74, 6) is 1.46. The molecule has 0 radical (unpaired) electrons. The molecule has 1 aliphatic rings. The van der Waals surface area contributed by atoms with Crippen molar-refractivity contribution in [1.29, 1.82) is 0 Å². The fourth-order valence-electron chi connectivity index (χ4n) is 3.43. The van der Waals surface area contributed by atoms with E-state index in [9.17, 15) is 9.59 Å². The predicted octanol–water partition coefficient (Wildman–Crippen LogP) is 3.51. The molecule has 0 atom stereocenters. The molecule has 4 rings (SSSR count). The number of hydrogen-bond donors (Lipinski definition) is 1. The monoisotopic (exact) mass is 434 g/mol.